The fraction of sp³-hybridized carbons (Fsp3) is 0.571. The molecule has 3 heteroatoms. The third-order valence-electron chi connectivity index (χ3n) is 3.96. The van der Waals surface area contributed by atoms with Gasteiger partial charge in [0.1, 0.15) is 0 Å². The second-order valence-electron chi connectivity index (χ2n) is 5.46. The van der Waals surface area contributed by atoms with E-state index in [1.165, 1.54) is 19.3 Å². The summed E-state index contributed by atoms with van der Waals surface area (Å²) in [7, 11) is 0. The van der Waals surface area contributed by atoms with Crippen molar-refractivity contribution in [1.29, 1.82) is 0 Å². The van der Waals surface area contributed by atoms with Crippen LogP contribution in [0.25, 0.3) is 0 Å². The summed E-state index contributed by atoms with van der Waals surface area (Å²) in [4.78, 5) is 0. The van der Waals surface area contributed by atoms with Crippen molar-refractivity contribution in [3.05, 3.63) is 33.8 Å². The van der Waals surface area contributed by atoms with E-state index in [-0.39, 0.29) is 5.41 Å². The minimum Gasteiger partial charge on any atom is -0.330 e. The van der Waals surface area contributed by atoms with Crippen LogP contribution in [-0.4, -0.2) is 6.54 Å². The molecule has 94 valence electrons. The Morgan fingerprint density at radius 3 is 2.76 bits per heavy atom. The fourth-order valence-electron chi connectivity index (χ4n) is 3.00. The summed E-state index contributed by atoms with van der Waals surface area (Å²) in [6.45, 7) is 3.04. The lowest BCUT2D eigenvalue weighted by atomic mass is 9.79. The first kappa shape index (κ1) is 13.2. The molecule has 0 radical (unpaired) electrons. The van der Waals surface area contributed by atoms with Crippen LogP contribution < -0.4 is 5.73 Å². The number of halogens is 2. The molecule has 1 saturated carbocycles. The summed E-state index contributed by atoms with van der Waals surface area (Å²) in [6.07, 6.45) is 4.63. The molecule has 1 aromatic carbocycles. The Kier molecular flexibility index (Phi) is 4.02. The molecule has 2 unspecified atom stereocenters. The average molecular weight is 272 g/mol. The molecular weight excluding hydrogens is 253 g/mol. The predicted molar refractivity (Wildman–Crippen MR) is 74.7 cm³/mol. The predicted octanol–water partition coefficient (Wildman–Crippen LogP) is 4.30. The summed E-state index contributed by atoms with van der Waals surface area (Å²) in [5.74, 6) is 0.775. The first-order valence-corrected chi connectivity index (χ1v) is 6.94. The molecule has 1 aliphatic rings. The van der Waals surface area contributed by atoms with Gasteiger partial charge < -0.3 is 5.73 Å². The molecule has 0 aromatic heterocycles. The lowest BCUT2D eigenvalue weighted by molar-refractivity contribution is 0.296. The van der Waals surface area contributed by atoms with E-state index in [0.29, 0.717) is 0 Å². The zero-order valence-corrected chi connectivity index (χ0v) is 11.7. The van der Waals surface area contributed by atoms with Crippen LogP contribution in [0.2, 0.25) is 10.0 Å². The van der Waals surface area contributed by atoms with Crippen LogP contribution in [0.4, 0.5) is 0 Å². The number of hydrogen-bond donors (Lipinski definition) is 1. The molecule has 1 aromatic rings. The second-order valence-corrected chi connectivity index (χ2v) is 6.31. The van der Waals surface area contributed by atoms with Crippen molar-refractivity contribution in [1.82, 2.24) is 0 Å². The minimum absolute atomic E-state index is 0.230. The third-order valence-corrected chi connectivity index (χ3v) is 4.56. The van der Waals surface area contributed by atoms with Crippen molar-refractivity contribution in [2.24, 2.45) is 17.1 Å². The van der Waals surface area contributed by atoms with Gasteiger partial charge in [0.05, 0.1) is 0 Å². The normalized spacial score (nSPS) is 28.6. The number of rotatable bonds is 3. The third kappa shape index (κ3) is 2.96. The van der Waals surface area contributed by atoms with Crippen molar-refractivity contribution in [3.8, 4) is 0 Å². The fourth-order valence-corrected chi connectivity index (χ4v) is 3.38. The van der Waals surface area contributed by atoms with E-state index in [2.05, 4.69) is 6.92 Å². The molecule has 1 nitrogen and oxygen atoms in total. The zero-order valence-electron chi connectivity index (χ0n) is 10.2. The Bertz CT molecular complexity index is 405. The van der Waals surface area contributed by atoms with Gasteiger partial charge in [0, 0.05) is 10.0 Å². The minimum atomic E-state index is 0.230. The summed E-state index contributed by atoms with van der Waals surface area (Å²) in [5, 5.41) is 1.56. The average Bonchev–Trinajstić information content (AvgIpc) is 2.66. The molecule has 0 aliphatic heterocycles. The summed E-state index contributed by atoms with van der Waals surface area (Å²) in [5.41, 5.74) is 7.36. The molecule has 1 aliphatic carbocycles. The van der Waals surface area contributed by atoms with Crippen LogP contribution in [-0.2, 0) is 6.42 Å². The van der Waals surface area contributed by atoms with Gasteiger partial charge in [-0.2, -0.15) is 0 Å². The molecule has 0 bridgehead atoms. The van der Waals surface area contributed by atoms with Crippen molar-refractivity contribution in [2.45, 2.75) is 32.6 Å². The van der Waals surface area contributed by atoms with Crippen LogP contribution in [0.3, 0.4) is 0 Å². The van der Waals surface area contributed by atoms with Crippen molar-refractivity contribution < 1.29 is 0 Å². The van der Waals surface area contributed by atoms with E-state index in [0.717, 1.165) is 34.5 Å². The molecule has 1 fully saturated rings. The molecular formula is C14H19Cl2N. The molecule has 2 atom stereocenters. The van der Waals surface area contributed by atoms with Crippen LogP contribution in [0.15, 0.2) is 18.2 Å². The highest BCUT2D eigenvalue weighted by atomic mass is 35.5. The van der Waals surface area contributed by atoms with E-state index >= 15 is 0 Å². The van der Waals surface area contributed by atoms with Gasteiger partial charge in [-0.1, -0.05) is 36.5 Å². The number of nitrogens with two attached hydrogens (primary N) is 1. The molecule has 0 spiro atoms. The number of benzene rings is 1. The number of hydrogen-bond acceptors (Lipinski definition) is 1. The molecule has 0 amide bonds. The highest BCUT2D eigenvalue weighted by Gasteiger charge is 2.36. The SMILES string of the molecule is CC1CCC(CN)(Cc2cc(Cl)ccc2Cl)C1. The van der Waals surface area contributed by atoms with E-state index < -0.39 is 0 Å². The molecule has 2 N–H and O–H groups in total. The molecule has 17 heavy (non-hydrogen) atoms. The smallest absolute Gasteiger partial charge is 0.0439 e. The van der Waals surface area contributed by atoms with Crippen LogP contribution in [0, 0.1) is 11.3 Å². The van der Waals surface area contributed by atoms with Gasteiger partial charge in [-0.15, -0.1) is 0 Å². The zero-order chi connectivity index (χ0) is 12.5. The molecule has 0 saturated heterocycles. The Labute approximate surface area is 113 Å². The van der Waals surface area contributed by atoms with Gasteiger partial charge in [0.25, 0.3) is 0 Å². The monoisotopic (exact) mass is 271 g/mol. The van der Waals surface area contributed by atoms with Gasteiger partial charge in [-0.05, 0) is 60.9 Å². The molecule has 2 rings (SSSR count). The quantitative estimate of drug-likeness (QED) is 0.872. The van der Waals surface area contributed by atoms with Crippen molar-refractivity contribution in [2.75, 3.05) is 6.54 Å². The molecule has 0 heterocycles. The first-order chi connectivity index (χ1) is 8.04. The maximum absolute atomic E-state index is 6.23. The highest BCUT2D eigenvalue weighted by molar-refractivity contribution is 6.33. The lowest BCUT2D eigenvalue weighted by Crippen LogP contribution is -2.30. The van der Waals surface area contributed by atoms with Crippen molar-refractivity contribution in [3.63, 3.8) is 0 Å². The van der Waals surface area contributed by atoms with E-state index in [4.69, 9.17) is 28.9 Å². The van der Waals surface area contributed by atoms with E-state index in [1.54, 1.807) is 0 Å². The van der Waals surface area contributed by atoms with Gasteiger partial charge in [-0.3, -0.25) is 0 Å². The van der Waals surface area contributed by atoms with Crippen LogP contribution in [0.1, 0.15) is 31.7 Å². The largest absolute Gasteiger partial charge is 0.330 e. The van der Waals surface area contributed by atoms with Gasteiger partial charge in [0.2, 0.25) is 0 Å². The Morgan fingerprint density at radius 1 is 1.41 bits per heavy atom. The maximum Gasteiger partial charge on any atom is 0.0439 e. The van der Waals surface area contributed by atoms with Crippen molar-refractivity contribution >= 4 is 23.2 Å². The standard InChI is InChI=1S/C14H19Cl2N/c1-10-4-5-14(7-10,9-17)8-11-6-12(15)2-3-13(11)16/h2-3,6,10H,4-5,7-9,17H2,1H3. The van der Waals surface area contributed by atoms with Crippen LogP contribution >= 0.6 is 23.2 Å². The Balaban J connectivity index is 2.21. The lowest BCUT2D eigenvalue weighted by Gasteiger charge is -2.28. The first-order valence-electron chi connectivity index (χ1n) is 6.19. The topological polar surface area (TPSA) is 26.0 Å². The Morgan fingerprint density at radius 2 is 2.18 bits per heavy atom. The summed E-state index contributed by atoms with van der Waals surface area (Å²) in [6, 6.07) is 5.69. The maximum atomic E-state index is 6.23. The summed E-state index contributed by atoms with van der Waals surface area (Å²) < 4.78 is 0. The van der Waals surface area contributed by atoms with Gasteiger partial charge in [-0.25, -0.2) is 0 Å². The van der Waals surface area contributed by atoms with Gasteiger partial charge >= 0.3 is 0 Å². The highest BCUT2D eigenvalue weighted by Crippen LogP contribution is 2.44. The Hall–Kier alpha value is -0.240. The summed E-state index contributed by atoms with van der Waals surface area (Å²) >= 11 is 12.3. The van der Waals surface area contributed by atoms with E-state index in [9.17, 15) is 0 Å². The van der Waals surface area contributed by atoms with E-state index in [1.807, 2.05) is 18.2 Å². The van der Waals surface area contributed by atoms with Crippen LogP contribution in [0.5, 0.6) is 0 Å². The van der Waals surface area contributed by atoms with Gasteiger partial charge in [0.15, 0.2) is 0 Å². The second kappa shape index (κ2) is 5.17.